The van der Waals surface area contributed by atoms with E-state index in [9.17, 15) is 0 Å². The predicted octanol–water partition coefficient (Wildman–Crippen LogP) is 3.26. The van der Waals surface area contributed by atoms with E-state index in [1.54, 1.807) is 7.11 Å². The fraction of sp³-hybridized carbons (Fsp3) is 0.333. The van der Waals surface area contributed by atoms with Gasteiger partial charge < -0.3 is 15.2 Å². The SMILES string of the molecule is COc1ccc(CCOc2ccc3c(c2)CC[C@@H]3N)cc1. The molecule has 3 nitrogen and oxygen atoms in total. The maximum Gasteiger partial charge on any atom is 0.119 e. The topological polar surface area (TPSA) is 44.5 Å². The second kappa shape index (κ2) is 6.19. The summed E-state index contributed by atoms with van der Waals surface area (Å²) in [5.74, 6) is 1.82. The van der Waals surface area contributed by atoms with Gasteiger partial charge in [-0.2, -0.15) is 0 Å². The Hall–Kier alpha value is -2.00. The second-order valence-corrected chi connectivity index (χ2v) is 5.45. The first-order valence-electron chi connectivity index (χ1n) is 7.40. The lowest BCUT2D eigenvalue weighted by atomic mass is 10.1. The number of hydrogen-bond acceptors (Lipinski definition) is 3. The Balaban J connectivity index is 1.55. The molecule has 1 aliphatic carbocycles. The Morgan fingerprint density at radius 1 is 1.10 bits per heavy atom. The van der Waals surface area contributed by atoms with Gasteiger partial charge in [-0.3, -0.25) is 0 Å². The third-order valence-electron chi connectivity index (χ3n) is 4.06. The summed E-state index contributed by atoms with van der Waals surface area (Å²) in [7, 11) is 1.68. The van der Waals surface area contributed by atoms with Crippen molar-refractivity contribution in [3.05, 3.63) is 59.2 Å². The van der Waals surface area contributed by atoms with E-state index in [-0.39, 0.29) is 6.04 Å². The van der Waals surface area contributed by atoms with E-state index in [1.165, 1.54) is 16.7 Å². The van der Waals surface area contributed by atoms with Gasteiger partial charge in [-0.25, -0.2) is 0 Å². The molecule has 0 radical (unpaired) electrons. The first-order chi connectivity index (χ1) is 10.3. The van der Waals surface area contributed by atoms with Crippen LogP contribution in [0.1, 0.15) is 29.2 Å². The molecule has 2 N–H and O–H groups in total. The van der Waals surface area contributed by atoms with Crippen LogP contribution in [0.3, 0.4) is 0 Å². The van der Waals surface area contributed by atoms with Crippen LogP contribution < -0.4 is 15.2 Å². The van der Waals surface area contributed by atoms with E-state index in [1.807, 2.05) is 18.2 Å². The maximum atomic E-state index is 6.05. The van der Waals surface area contributed by atoms with Crippen molar-refractivity contribution in [1.29, 1.82) is 0 Å². The minimum Gasteiger partial charge on any atom is -0.497 e. The summed E-state index contributed by atoms with van der Waals surface area (Å²) in [6.45, 7) is 0.678. The first kappa shape index (κ1) is 14.0. The summed E-state index contributed by atoms with van der Waals surface area (Å²) >= 11 is 0. The minimum atomic E-state index is 0.202. The van der Waals surface area contributed by atoms with E-state index in [0.29, 0.717) is 6.61 Å². The molecule has 0 aromatic heterocycles. The number of ether oxygens (including phenoxy) is 2. The lowest BCUT2D eigenvalue weighted by molar-refractivity contribution is 0.321. The summed E-state index contributed by atoms with van der Waals surface area (Å²) in [4.78, 5) is 0. The number of aryl methyl sites for hydroxylation is 1. The molecule has 1 aliphatic rings. The summed E-state index contributed by atoms with van der Waals surface area (Å²) in [5, 5.41) is 0. The molecule has 21 heavy (non-hydrogen) atoms. The van der Waals surface area contributed by atoms with Crippen LogP contribution >= 0.6 is 0 Å². The molecule has 0 heterocycles. The number of hydrogen-bond donors (Lipinski definition) is 1. The lowest BCUT2D eigenvalue weighted by Gasteiger charge is -2.09. The van der Waals surface area contributed by atoms with Gasteiger partial charge in [0, 0.05) is 12.5 Å². The number of benzene rings is 2. The van der Waals surface area contributed by atoms with Crippen LogP contribution in [0.15, 0.2) is 42.5 Å². The quantitative estimate of drug-likeness (QED) is 0.916. The maximum absolute atomic E-state index is 6.05. The Morgan fingerprint density at radius 2 is 1.86 bits per heavy atom. The number of rotatable bonds is 5. The van der Waals surface area contributed by atoms with Crippen molar-refractivity contribution < 1.29 is 9.47 Å². The predicted molar refractivity (Wildman–Crippen MR) is 83.9 cm³/mol. The van der Waals surface area contributed by atoms with Crippen LogP contribution in [0, 0.1) is 0 Å². The highest BCUT2D eigenvalue weighted by molar-refractivity contribution is 5.40. The van der Waals surface area contributed by atoms with Gasteiger partial charge in [-0.15, -0.1) is 0 Å². The highest BCUT2D eigenvalue weighted by Crippen LogP contribution is 2.31. The van der Waals surface area contributed by atoms with Gasteiger partial charge in [0.15, 0.2) is 0 Å². The van der Waals surface area contributed by atoms with Gasteiger partial charge in [0.05, 0.1) is 13.7 Å². The van der Waals surface area contributed by atoms with Crippen molar-refractivity contribution in [2.45, 2.75) is 25.3 Å². The van der Waals surface area contributed by atoms with E-state index in [0.717, 1.165) is 30.8 Å². The van der Waals surface area contributed by atoms with Crippen LogP contribution in [-0.2, 0) is 12.8 Å². The van der Waals surface area contributed by atoms with E-state index in [2.05, 4.69) is 24.3 Å². The average molecular weight is 283 g/mol. The van der Waals surface area contributed by atoms with Gasteiger partial charge in [0.2, 0.25) is 0 Å². The van der Waals surface area contributed by atoms with Crippen molar-refractivity contribution in [2.24, 2.45) is 5.73 Å². The molecule has 3 heteroatoms. The van der Waals surface area contributed by atoms with Crippen LogP contribution in [0.2, 0.25) is 0 Å². The normalized spacial score (nSPS) is 16.6. The Labute approximate surface area is 125 Å². The molecule has 0 bridgehead atoms. The van der Waals surface area contributed by atoms with Crippen LogP contribution in [0.25, 0.3) is 0 Å². The van der Waals surface area contributed by atoms with Crippen molar-refractivity contribution in [3.63, 3.8) is 0 Å². The molecular formula is C18H21NO2. The van der Waals surface area contributed by atoms with E-state index < -0.39 is 0 Å². The fourth-order valence-corrected chi connectivity index (χ4v) is 2.80. The zero-order valence-corrected chi connectivity index (χ0v) is 12.3. The van der Waals surface area contributed by atoms with E-state index >= 15 is 0 Å². The van der Waals surface area contributed by atoms with Crippen molar-refractivity contribution in [1.82, 2.24) is 0 Å². The smallest absolute Gasteiger partial charge is 0.119 e. The number of fused-ring (bicyclic) bond motifs is 1. The monoisotopic (exact) mass is 283 g/mol. The zero-order valence-electron chi connectivity index (χ0n) is 12.3. The molecule has 3 rings (SSSR count). The largest absolute Gasteiger partial charge is 0.497 e. The molecule has 0 fully saturated rings. The van der Waals surface area contributed by atoms with Crippen molar-refractivity contribution in [2.75, 3.05) is 13.7 Å². The lowest BCUT2D eigenvalue weighted by Crippen LogP contribution is -2.05. The van der Waals surface area contributed by atoms with Gasteiger partial charge in [-0.05, 0) is 53.8 Å². The third-order valence-corrected chi connectivity index (χ3v) is 4.06. The molecule has 2 aromatic rings. The Bertz CT molecular complexity index is 607. The molecule has 0 saturated carbocycles. The molecular weight excluding hydrogens is 262 g/mol. The Morgan fingerprint density at radius 3 is 2.62 bits per heavy atom. The fourth-order valence-electron chi connectivity index (χ4n) is 2.80. The molecule has 0 aliphatic heterocycles. The minimum absolute atomic E-state index is 0.202. The summed E-state index contributed by atoms with van der Waals surface area (Å²) in [6, 6.07) is 14.6. The number of methoxy groups -OCH3 is 1. The molecule has 0 unspecified atom stereocenters. The average Bonchev–Trinajstić information content (AvgIpc) is 2.89. The van der Waals surface area contributed by atoms with Crippen LogP contribution in [0.4, 0.5) is 0 Å². The van der Waals surface area contributed by atoms with Gasteiger partial charge in [0.25, 0.3) is 0 Å². The molecule has 0 spiro atoms. The van der Waals surface area contributed by atoms with Crippen molar-refractivity contribution >= 4 is 0 Å². The third kappa shape index (κ3) is 3.19. The summed E-state index contributed by atoms with van der Waals surface area (Å²) in [5.41, 5.74) is 9.91. The first-order valence-corrected chi connectivity index (χ1v) is 7.40. The van der Waals surface area contributed by atoms with Crippen LogP contribution in [0.5, 0.6) is 11.5 Å². The zero-order chi connectivity index (χ0) is 14.7. The van der Waals surface area contributed by atoms with E-state index in [4.69, 9.17) is 15.2 Å². The van der Waals surface area contributed by atoms with Gasteiger partial charge in [-0.1, -0.05) is 18.2 Å². The molecule has 1 atom stereocenters. The van der Waals surface area contributed by atoms with Crippen LogP contribution in [-0.4, -0.2) is 13.7 Å². The van der Waals surface area contributed by atoms with Gasteiger partial charge >= 0.3 is 0 Å². The van der Waals surface area contributed by atoms with Crippen molar-refractivity contribution in [3.8, 4) is 11.5 Å². The molecule has 0 amide bonds. The molecule has 0 saturated heterocycles. The highest BCUT2D eigenvalue weighted by atomic mass is 16.5. The summed E-state index contributed by atoms with van der Waals surface area (Å²) in [6.07, 6.45) is 3.00. The van der Waals surface area contributed by atoms with Gasteiger partial charge in [0.1, 0.15) is 11.5 Å². The number of nitrogens with two attached hydrogens (primary N) is 1. The molecule has 110 valence electrons. The Kier molecular flexibility index (Phi) is 4.11. The second-order valence-electron chi connectivity index (χ2n) is 5.45. The molecule has 2 aromatic carbocycles. The summed E-state index contributed by atoms with van der Waals surface area (Å²) < 4.78 is 11.0. The highest BCUT2D eigenvalue weighted by Gasteiger charge is 2.18. The standard InChI is InChI=1S/C18H21NO2/c1-20-15-5-2-13(3-6-15)10-11-21-16-7-8-17-14(12-16)4-9-18(17)19/h2-3,5-8,12,18H,4,9-11,19H2,1H3/t18-/m0/s1.